The van der Waals surface area contributed by atoms with Crippen LogP contribution in [0.3, 0.4) is 0 Å². The van der Waals surface area contributed by atoms with E-state index >= 15 is 0 Å². The Balaban J connectivity index is 1.30. The van der Waals surface area contributed by atoms with E-state index in [0.717, 1.165) is 44.8 Å². The summed E-state index contributed by atoms with van der Waals surface area (Å²) in [7, 11) is 2.29. The lowest BCUT2D eigenvalue weighted by atomic mass is 9.98. The van der Waals surface area contributed by atoms with E-state index in [1.54, 1.807) is 24.3 Å². The summed E-state index contributed by atoms with van der Waals surface area (Å²) in [4.78, 5) is 17.4. The van der Waals surface area contributed by atoms with Crippen molar-refractivity contribution in [2.24, 2.45) is 0 Å². The topological polar surface area (TPSA) is 44.8 Å². The molecule has 0 saturated carbocycles. The van der Waals surface area contributed by atoms with E-state index in [-0.39, 0.29) is 5.91 Å². The first kappa shape index (κ1) is 21.2. The van der Waals surface area contributed by atoms with E-state index in [4.69, 9.17) is 16.3 Å². The number of carbonyl (C=O) groups excluding carboxylic acids is 1. The van der Waals surface area contributed by atoms with Crippen LogP contribution in [0.4, 0.5) is 11.4 Å². The van der Waals surface area contributed by atoms with Crippen molar-refractivity contribution in [3.63, 3.8) is 0 Å². The lowest BCUT2D eigenvalue weighted by Crippen LogP contribution is -2.48. The number of hydrogen-bond acceptors (Lipinski definition) is 4. The number of hydrogen-bond donors (Lipinski definition) is 1. The van der Waals surface area contributed by atoms with Crippen molar-refractivity contribution in [2.45, 2.75) is 37.8 Å². The Morgan fingerprint density at radius 3 is 2.37 bits per heavy atom. The van der Waals surface area contributed by atoms with E-state index in [0.29, 0.717) is 22.7 Å². The summed E-state index contributed by atoms with van der Waals surface area (Å²) in [5, 5.41) is 3.50. The number of carbonyl (C=O) groups is 1. The van der Waals surface area contributed by atoms with Crippen LogP contribution in [0.2, 0.25) is 5.02 Å². The van der Waals surface area contributed by atoms with Gasteiger partial charge < -0.3 is 19.9 Å². The van der Waals surface area contributed by atoms with Crippen molar-refractivity contribution in [3.05, 3.63) is 59.1 Å². The Labute approximate surface area is 184 Å². The number of piperidine rings is 1. The summed E-state index contributed by atoms with van der Waals surface area (Å²) in [5.41, 5.74) is 2.56. The third-order valence-electron chi connectivity index (χ3n) is 6.38. The molecule has 2 saturated heterocycles. The lowest BCUT2D eigenvalue weighted by Gasteiger charge is -2.42. The van der Waals surface area contributed by atoms with E-state index in [1.807, 2.05) is 12.1 Å². The van der Waals surface area contributed by atoms with Crippen LogP contribution in [-0.2, 0) is 4.74 Å². The number of benzene rings is 2. The van der Waals surface area contributed by atoms with Gasteiger partial charge in [-0.2, -0.15) is 0 Å². The zero-order valence-electron chi connectivity index (χ0n) is 17.5. The maximum absolute atomic E-state index is 12.4. The molecule has 1 N–H and O–H groups in total. The largest absolute Gasteiger partial charge is 0.381 e. The summed E-state index contributed by atoms with van der Waals surface area (Å²) in [6.45, 7) is 3.92. The van der Waals surface area contributed by atoms with Crippen molar-refractivity contribution in [1.82, 2.24) is 4.90 Å². The minimum Gasteiger partial charge on any atom is -0.381 e. The van der Waals surface area contributed by atoms with Gasteiger partial charge in [0.1, 0.15) is 0 Å². The molecule has 0 aliphatic carbocycles. The summed E-state index contributed by atoms with van der Waals surface area (Å²) in [6, 6.07) is 16.4. The Hall–Kier alpha value is -2.08. The lowest BCUT2D eigenvalue weighted by molar-refractivity contribution is 0.0244. The monoisotopic (exact) mass is 427 g/mol. The predicted octanol–water partition coefficient (Wildman–Crippen LogP) is 4.67. The van der Waals surface area contributed by atoms with Gasteiger partial charge in [-0.25, -0.2) is 0 Å². The molecule has 1 amide bonds. The number of rotatable bonds is 5. The van der Waals surface area contributed by atoms with Gasteiger partial charge in [0.15, 0.2) is 0 Å². The number of halogens is 1. The minimum atomic E-state index is -0.151. The van der Waals surface area contributed by atoms with Gasteiger partial charge in [-0.05, 0) is 75.2 Å². The van der Waals surface area contributed by atoms with Crippen LogP contribution in [0.15, 0.2) is 48.5 Å². The zero-order valence-corrected chi connectivity index (χ0v) is 18.3. The van der Waals surface area contributed by atoms with Crippen LogP contribution in [-0.4, -0.2) is 56.2 Å². The van der Waals surface area contributed by atoms with Gasteiger partial charge in [0.25, 0.3) is 5.91 Å². The Morgan fingerprint density at radius 2 is 1.70 bits per heavy atom. The summed E-state index contributed by atoms with van der Waals surface area (Å²) in [6.07, 6.45) is 4.67. The third-order valence-corrected chi connectivity index (χ3v) is 6.62. The van der Waals surface area contributed by atoms with Gasteiger partial charge in [0.05, 0.1) is 0 Å². The van der Waals surface area contributed by atoms with Gasteiger partial charge in [0, 0.05) is 60.3 Å². The number of nitrogens with zero attached hydrogens (tertiary/aromatic N) is 2. The fraction of sp³-hybridized carbons (Fsp3) is 0.458. The first-order chi connectivity index (χ1) is 14.6. The predicted molar refractivity (Wildman–Crippen MR) is 123 cm³/mol. The first-order valence-corrected chi connectivity index (χ1v) is 11.2. The molecule has 2 fully saturated rings. The maximum atomic E-state index is 12.4. The highest BCUT2D eigenvalue weighted by Crippen LogP contribution is 2.26. The number of ether oxygens (including phenoxy) is 1. The quantitative estimate of drug-likeness (QED) is 0.753. The number of amides is 1. The smallest absolute Gasteiger partial charge is 0.255 e. The van der Waals surface area contributed by atoms with E-state index in [9.17, 15) is 4.79 Å². The van der Waals surface area contributed by atoms with Crippen LogP contribution in [0.5, 0.6) is 0 Å². The van der Waals surface area contributed by atoms with Gasteiger partial charge >= 0.3 is 0 Å². The fourth-order valence-corrected chi connectivity index (χ4v) is 4.70. The molecule has 0 aromatic heterocycles. The average molecular weight is 428 g/mol. The standard InChI is InChI=1S/C24H30ClN3O2/c1-27(22-11-15-30-16-12-22)21-9-13-28(14-10-21)23-7-5-20(6-8-23)26-24(29)18-3-2-4-19(25)17-18/h2-8,17,21-22H,9-16H2,1H3,(H,26,29). The average Bonchev–Trinajstić information content (AvgIpc) is 2.80. The normalized spacial score (nSPS) is 18.6. The van der Waals surface area contributed by atoms with Crippen molar-refractivity contribution in [1.29, 1.82) is 0 Å². The molecule has 2 aliphatic heterocycles. The molecular weight excluding hydrogens is 398 g/mol. The van der Waals surface area contributed by atoms with Gasteiger partial charge in [-0.3, -0.25) is 4.79 Å². The SMILES string of the molecule is CN(C1CCOCC1)C1CCN(c2ccc(NC(=O)c3cccc(Cl)c3)cc2)CC1. The molecule has 2 aromatic carbocycles. The molecule has 160 valence electrons. The molecule has 0 radical (unpaired) electrons. The molecule has 2 aromatic rings. The summed E-state index contributed by atoms with van der Waals surface area (Å²) >= 11 is 5.98. The van der Waals surface area contributed by atoms with Crippen molar-refractivity contribution >= 4 is 28.9 Å². The number of nitrogens with one attached hydrogen (secondary N) is 1. The molecule has 6 heteroatoms. The van der Waals surface area contributed by atoms with Crippen LogP contribution >= 0.6 is 11.6 Å². The molecule has 0 unspecified atom stereocenters. The van der Waals surface area contributed by atoms with E-state index < -0.39 is 0 Å². The van der Waals surface area contributed by atoms with Crippen LogP contribution in [0.1, 0.15) is 36.0 Å². The third kappa shape index (κ3) is 5.15. The minimum absolute atomic E-state index is 0.151. The first-order valence-electron chi connectivity index (χ1n) is 10.8. The molecule has 0 bridgehead atoms. The Bertz CT molecular complexity index is 844. The van der Waals surface area contributed by atoms with E-state index in [2.05, 4.69) is 34.3 Å². The summed E-state index contributed by atoms with van der Waals surface area (Å²) in [5.74, 6) is -0.151. The number of anilines is 2. The van der Waals surface area contributed by atoms with Crippen LogP contribution < -0.4 is 10.2 Å². The summed E-state index contributed by atoms with van der Waals surface area (Å²) < 4.78 is 5.51. The second-order valence-corrected chi connectivity index (χ2v) is 8.68. The van der Waals surface area contributed by atoms with Crippen molar-refractivity contribution < 1.29 is 9.53 Å². The highest BCUT2D eigenvalue weighted by Gasteiger charge is 2.28. The second-order valence-electron chi connectivity index (χ2n) is 8.24. The van der Waals surface area contributed by atoms with Crippen molar-refractivity contribution in [3.8, 4) is 0 Å². The van der Waals surface area contributed by atoms with Crippen LogP contribution in [0, 0.1) is 0 Å². The fourth-order valence-electron chi connectivity index (χ4n) is 4.51. The van der Waals surface area contributed by atoms with Gasteiger partial charge in [-0.1, -0.05) is 17.7 Å². The molecule has 2 heterocycles. The molecule has 0 spiro atoms. The van der Waals surface area contributed by atoms with Crippen LogP contribution in [0.25, 0.3) is 0 Å². The molecule has 0 atom stereocenters. The van der Waals surface area contributed by atoms with Crippen molar-refractivity contribution in [2.75, 3.05) is 43.6 Å². The Kier molecular flexibility index (Phi) is 6.93. The molecule has 4 rings (SSSR count). The molecular formula is C24H30ClN3O2. The highest BCUT2D eigenvalue weighted by molar-refractivity contribution is 6.31. The van der Waals surface area contributed by atoms with Gasteiger partial charge in [-0.15, -0.1) is 0 Å². The highest BCUT2D eigenvalue weighted by atomic mass is 35.5. The Morgan fingerprint density at radius 1 is 1.03 bits per heavy atom. The van der Waals surface area contributed by atoms with Gasteiger partial charge in [0.2, 0.25) is 0 Å². The zero-order chi connectivity index (χ0) is 20.9. The molecule has 2 aliphatic rings. The maximum Gasteiger partial charge on any atom is 0.255 e. The second kappa shape index (κ2) is 9.82. The molecule has 5 nitrogen and oxygen atoms in total. The van der Waals surface area contributed by atoms with E-state index in [1.165, 1.54) is 18.5 Å². The molecule has 30 heavy (non-hydrogen) atoms.